The van der Waals surface area contributed by atoms with Crippen LogP contribution in [0, 0.1) is 11.3 Å². The number of fused-ring (bicyclic) bond motifs is 2. The van der Waals surface area contributed by atoms with Crippen molar-refractivity contribution >= 4 is 0 Å². The van der Waals surface area contributed by atoms with Crippen molar-refractivity contribution in [1.29, 1.82) is 0 Å². The quantitative estimate of drug-likeness (QED) is 0.540. The highest BCUT2D eigenvalue weighted by Crippen LogP contribution is 2.59. The van der Waals surface area contributed by atoms with E-state index in [0.29, 0.717) is 12.5 Å². The fraction of sp³-hybridized carbons (Fsp3) is 0.800. The van der Waals surface area contributed by atoms with Crippen LogP contribution in [0.5, 0.6) is 0 Å². The highest BCUT2D eigenvalue weighted by molar-refractivity contribution is 5.38. The topological polar surface area (TPSA) is 42.0 Å². The molecular formula is C20H30O3. The second-order valence-corrected chi connectivity index (χ2v) is 8.70. The lowest BCUT2D eigenvalue weighted by Crippen LogP contribution is -2.42. The Morgan fingerprint density at radius 1 is 1.17 bits per heavy atom. The molecule has 0 saturated carbocycles. The number of aliphatic hydroxyl groups is 1. The molecule has 2 aliphatic heterocycles. The van der Waals surface area contributed by atoms with Crippen molar-refractivity contribution in [3.8, 4) is 0 Å². The molecule has 1 saturated heterocycles. The predicted octanol–water partition coefficient (Wildman–Crippen LogP) is 4.12. The Morgan fingerprint density at radius 3 is 2.74 bits per heavy atom. The largest absolute Gasteiger partial charge is 0.360 e. The van der Waals surface area contributed by atoms with Gasteiger partial charge in [0.1, 0.15) is 6.10 Å². The van der Waals surface area contributed by atoms with Crippen molar-refractivity contribution in [1.82, 2.24) is 0 Å². The fourth-order valence-electron chi connectivity index (χ4n) is 5.10. The Kier molecular flexibility index (Phi) is 3.40. The standard InChI is InChI=1S/C20H30O3/c1-13-6-5-10-19(4)17(23-19)20(21)15-8-7-14(2)18(3,11-9-13)16(15)12-22-20/h6,14,17,21H,5,7-12H2,1-4H3/b13-6+/t14-,17+,18+,19+,20?/m1/s1. The SMILES string of the molecule is C/C1=C\CC[C@]2(C)O[C@@H]2C2(O)OCC3=C2CC[C@@H](C)[C@]3(C)CC1. The first-order valence-corrected chi connectivity index (χ1v) is 9.22. The molecule has 4 rings (SSSR count). The van der Waals surface area contributed by atoms with Gasteiger partial charge < -0.3 is 14.6 Å². The third-order valence-electron chi connectivity index (χ3n) is 7.25. The Balaban J connectivity index is 1.79. The maximum atomic E-state index is 11.3. The molecule has 0 radical (unpaired) electrons. The van der Waals surface area contributed by atoms with Gasteiger partial charge in [0, 0.05) is 0 Å². The number of hydrogen-bond acceptors (Lipinski definition) is 3. The molecule has 5 atom stereocenters. The summed E-state index contributed by atoms with van der Waals surface area (Å²) in [4.78, 5) is 0. The van der Waals surface area contributed by atoms with Crippen molar-refractivity contribution in [3.05, 3.63) is 22.8 Å². The van der Waals surface area contributed by atoms with E-state index in [9.17, 15) is 5.11 Å². The van der Waals surface area contributed by atoms with E-state index in [-0.39, 0.29) is 17.1 Å². The van der Waals surface area contributed by atoms with Crippen LogP contribution in [-0.4, -0.2) is 29.2 Å². The molecule has 0 spiro atoms. The fourth-order valence-corrected chi connectivity index (χ4v) is 5.10. The first-order chi connectivity index (χ1) is 10.8. The van der Waals surface area contributed by atoms with Gasteiger partial charge in [-0.15, -0.1) is 0 Å². The molecule has 0 aromatic carbocycles. The summed E-state index contributed by atoms with van der Waals surface area (Å²) in [5.41, 5.74) is 3.89. The van der Waals surface area contributed by atoms with E-state index in [1.165, 1.54) is 11.1 Å². The van der Waals surface area contributed by atoms with Crippen LogP contribution in [-0.2, 0) is 9.47 Å². The van der Waals surface area contributed by atoms with Gasteiger partial charge in [-0.05, 0) is 74.9 Å². The zero-order chi connectivity index (χ0) is 16.5. The highest BCUT2D eigenvalue weighted by Gasteiger charge is 2.67. The summed E-state index contributed by atoms with van der Waals surface area (Å²) in [6.45, 7) is 9.70. The molecule has 1 fully saturated rings. The minimum Gasteiger partial charge on any atom is -0.360 e. The third kappa shape index (κ3) is 2.20. The number of epoxide rings is 1. The van der Waals surface area contributed by atoms with Crippen LogP contribution in [0.4, 0.5) is 0 Å². The smallest absolute Gasteiger partial charge is 0.219 e. The average molecular weight is 318 g/mol. The third-order valence-corrected chi connectivity index (χ3v) is 7.25. The molecule has 128 valence electrons. The van der Waals surface area contributed by atoms with E-state index in [2.05, 4.69) is 33.8 Å². The molecule has 3 nitrogen and oxygen atoms in total. The second kappa shape index (κ2) is 4.93. The Morgan fingerprint density at radius 2 is 1.96 bits per heavy atom. The molecular weight excluding hydrogens is 288 g/mol. The van der Waals surface area contributed by atoms with Crippen molar-refractivity contribution < 1.29 is 14.6 Å². The lowest BCUT2D eigenvalue weighted by molar-refractivity contribution is -0.169. The van der Waals surface area contributed by atoms with Gasteiger partial charge in [0.2, 0.25) is 5.79 Å². The van der Waals surface area contributed by atoms with Crippen LogP contribution in [0.3, 0.4) is 0 Å². The van der Waals surface area contributed by atoms with Gasteiger partial charge in [0.15, 0.2) is 0 Å². The summed E-state index contributed by atoms with van der Waals surface area (Å²) >= 11 is 0. The molecule has 2 aliphatic carbocycles. The lowest BCUT2D eigenvalue weighted by Gasteiger charge is -2.42. The van der Waals surface area contributed by atoms with Crippen molar-refractivity contribution in [2.75, 3.05) is 6.61 Å². The van der Waals surface area contributed by atoms with Crippen molar-refractivity contribution in [2.45, 2.75) is 83.7 Å². The molecule has 0 amide bonds. The van der Waals surface area contributed by atoms with Crippen LogP contribution >= 0.6 is 0 Å². The lowest BCUT2D eigenvalue weighted by atomic mass is 9.62. The van der Waals surface area contributed by atoms with E-state index in [4.69, 9.17) is 9.47 Å². The van der Waals surface area contributed by atoms with Gasteiger partial charge >= 0.3 is 0 Å². The molecule has 4 aliphatic rings. The van der Waals surface area contributed by atoms with Crippen LogP contribution in [0.2, 0.25) is 0 Å². The van der Waals surface area contributed by atoms with E-state index >= 15 is 0 Å². The maximum absolute atomic E-state index is 11.3. The van der Waals surface area contributed by atoms with Gasteiger partial charge in [-0.3, -0.25) is 0 Å². The van der Waals surface area contributed by atoms with Crippen LogP contribution < -0.4 is 0 Å². The molecule has 23 heavy (non-hydrogen) atoms. The molecule has 1 N–H and O–H groups in total. The first kappa shape index (κ1) is 15.9. The summed E-state index contributed by atoms with van der Waals surface area (Å²) in [6.07, 6.45) is 8.51. The zero-order valence-electron chi connectivity index (χ0n) is 14.9. The summed E-state index contributed by atoms with van der Waals surface area (Å²) in [5, 5.41) is 11.3. The monoisotopic (exact) mass is 318 g/mol. The van der Waals surface area contributed by atoms with Gasteiger partial charge in [0.25, 0.3) is 0 Å². The van der Waals surface area contributed by atoms with Gasteiger partial charge in [-0.2, -0.15) is 0 Å². The highest BCUT2D eigenvalue weighted by atomic mass is 16.7. The van der Waals surface area contributed by atoms with Gasteiger partial charge in [-0.1, -0.05) is 25.5 Å². The molecule has 0 aromatic heterocycles. The minimum absolute atomic E-state index is 0.137. The summed E-state index contributed by atoms with van der Waals surface area (Å²) in [5.74, 6) is -0.543. The van der Waals surface area contributed by atoms with Crippen molar-refractivity contribution in [3.63, 3.8) is 0 Å². The summed E-state index contributed by atoms with van der Waals surface area (Å²) < 4.78 is 12.0. The second-order valence-electron chi connectivity index (χ2n) is 8.70. The average Bonchev–Trinajstić information content (AvgIpc) is 3.05. The van der Waals surface area contributed by atoms with E-state index in [1.54, 1.807) is 0 Å². The number of rotatable bonds is 0. The first-order valence-electron chi connectivity index (χ1n) is 9.22. The molecule has 1 unspecified atom stereocenters. The Bertz CT molecular complexity index is 592. The van der Waals surface area contributed by atoms with Crippen molar-refractivity contribution in [2.24, 2.45) is 11.3 Å². The maximum Gasteiger partial charge on any atom is 0.219 e. The normalized spacial score (nSPS) is 52.1. The summed E-state index contributed by atoms with van der Waals surface area (Å²) in [6, 6.07) is 0. The number of hydrogen-bond donors (Lipinski definition) is 1. The molecule has 2 heterocycles. The van der Waals surface area contributed by atoms with E-state index in [0.717, 1.165) is 44.1 Å². The zero-order valence-corrected chi connectivity index (χ0v) is 14.9. The molecule has 4 bridgehead atoms. The van der Waals surface area contributed by atoms with Crippen LogP contribution in [0.15, 0.2) is 22.8 Å². The van der Waals surface area contributed by atoms with Gasteiger partial charge in [-0.25, -0.2) is 0 Å². The van der Waals surface area contributed by atoms with E-state index in [1.807, 2.05) is 0 Å². The number of ether oxygens (including phenoxy) is 2. The summed E-state index contributed by atoms with van der Waals surface area (Å²) in [7, 11) is 0. The molecule has 0 aromatic rings. The number of allylic oxidation sites excluding steroid dienone is 2. The molecule has 3 heteroatoms. The van der Waals surface area contributed by atoms with Crippen LogP contribution in [0.25, 0.3) is 0 Å². The Labute approximate surface area is 139 Å². The Hall–Kier alpha value is -0.640. The minimum atomic E-state index is -1.18. The van der Waals surface area contributed by atoms with Gasteiger partial charge in [0.05, 0.1) is 12.2 Å². The van der Waals surface area contributed by atoms with E-state index < -0.39 is 5.79 Å². The van der Waals surface area contributed by atoms with Crippen LogP contribution in [0.1, 0.15) is 66.2 Å². The predicted molar refractivity (Wildman–Crippen MR) is 89.9 cm³/mol.